The van der Waals surface area contributed by atoms with Crippen molar-refractivity contribution in [1.29, 1.82) is 0 Å². The molecular weight excluding hydrogens is 443 g/mol. The zero-order valence-electron chi connectivity index (χ0n) is 19.6. The molecule has 0 radical (unpaired) electrons. The van der Waals surface area contributed by atoms with Gasteiger partial charge in [-0.1, -0.05) is 74.3 Å². The predicted octanol–water partition coefficient (Wildman–Crippen LogP) is 6.38. The molecular formula is C26H34Cl2N2O2. The summed E-state index contributed by atoms with van der Waals surface area (Å²) < 4.78 is 0. The molecule has 0 aliphatic rings. The largest absolute Gasteiger partial charge is 0.352 e. The van der Waals surface area contributed by atoms with Crippen LogP contribution < -0.4 is 5.32 Å². The summed E-state index contributed by atoms with van der Waals surface area (Å²) in [4.78, 5) is 27.7. The Balaban J connectivity index is 2.16. The van der Waals surface area contributed by atoms with Crippen LogP contribution in [0, 0.1) is 0 Å². The van der Waals surface area contributed by atoms with Crippen molar-refractivity contribution in [3.8, 4) is 0 Å². The number of hydrogen-bond acceptors (Lipinski definition) is 2. The fraction of sp³-hybridized carbons (Fsp3) is 0.462. The van der Waals surface area contributed by atoms with Crippen LogP contribution in [-0.2, 0) is 22.6 Å². The molecule has 0 bridgehead atoms. The first-order valence-corrected chi connectivity index (χ1v) is 12.0. The predicted molar refractivity (Wildman–Crippen MR) is 133 cm³/mol. The van der Waals surface area contributed by atoms with E-state index in [1.165, 1.54) is 5.56 Å². The minimum atomic E-state index is -0.603. The van der Waals surface area contributed by atoms with Gasteiger partial charge in [0.25, 0.3) is 0 Å². The summed E-state index contributed by atoms with van der Waals surface area (Å²) in [6.45, 7) is 10.3. The number of aryl methyl sites for hydroxylation is 1. The van der Waals surface area contributed by atoms with Gasteiger partial charge in [-0.05, 0) is 61.4 Å². The molecule has 0 unspecified atom stereocenters. The van der Waals surface area contributed by atoms with Crippen LogP contribution in [0.15, 0.2) is 42.5 Å². The molecule has 1 N–H and O–H groups in total. The van der Waals surface area contributed by atoms with Crippen molar-refractivity contribution in [3.05, 3.63) is 69.2 Å². The second-order valence-corrected chi connectivity index (χ2v) is 9.47. The number of halogens is 2. The normalized spacial score (nSPS) is 13.0. The van der Waals surface area contributed by atoms with E-state index < -0.39 is 6.04 Å². The number of carbonyl (C=O) groups excluding carboxylic acids is 2. The summed E-state index contributed by atoms with van der Waals surface area (Å²) in [5.74, 6) is 0.238. The van der Waals surface area contributed by atoms with Gasteiger partial charge < -0.3 is 10.2 Å². The van der Waals surface area contributed by atoms with Gasteiger partial charge in [-0.2, -0.15) is 0 Å². The molecule has 0 fully saturated rings. The minimum Gasteiger partial charge on any atom is -0.352 e. The maximum Gasteiger partial charge on any atom is 0.242 e. The van der Waals surface area contributed by atoms with E-state index >= 15 is 0 Å². The Labute approximate surface area is 202 Å². The third kappa shape index (κ3) is 7.53. The smallest absolute Gasteiger partial charge is 0.242 e. The van der Waals surface area contributed by atoms with Crippen LogP contribution in [0.25, 0.3) is 0 Å². The van der Waals surface area contributed by atoms with Crippen molar-refractivity contribution in [2.75, 3.05) is 0 Å². The highest BCUT2D eigenvalue weighted by atomic mass is 35.5. The van der Waals surface area contributed by atoms with Crippen molar-refractivity contribution < 1.29 is 9.59 Å². The summed E-state index contributed by atoms with van der Waals surface area (Å²) in [7, 11) is 0. The summed E-state index contributed by atoms with van der Waals surface area (Å²) in [5.41, 5.74) is 3.21. The van der Waals surface area contributed by atoms with Crippen LogP contribution in [0.3, 0.4) is 0 Å². The molecule has 0 aliphatic heterocycles. The first kappa shape index (κ1) is 26.2. The monoisotopic (exact) mass is 476 g/mol. The van der Waals surface area contributed by atoms with Crippen LogP contribution in [0.4, 0.5) is 0 Å². The van der Waals surface area contributed by atoms with Crippen LogP contribution >= 0.6 is 23.2 Å². The molecule has 6 heteroatoms. The first-order chi connectivity index (χ1) is 15.1. The third-order valence-corrected chi connectivity index (χ3v) is 6.52. The maximum absolute atomic E-state index is 13.2. The van der Waals surface area contributed by atoms with Crippen molar-refractivity contribution in [2.24, 2.45) is 0 Å². The average Bonchev–Trinajstić information content (AvgIpc) is 2.77. The number of hydrogen-bond donors (Lipinski definition) is 1. The SMILES string of the molecule is CC[C@@H](C)NC(=O)[C@@H](C)N(Cc1ccc(Cl)c(Cl)c1)C(=O)CCc1ccc(C(C)C)cc1. The standard InChI is InChI=1S/C26H34Cl2N2O2/c1-6-18(4)29-26(32)19(5)30(16-21-9-13-23(27)24(28)15-21)25(31)14-10-20-7-11-22(12-8-20)17(2)3/h7-9,11-13,15,17-19H,6,10,14,16H2,1-5H3,(H,29,32)/t18-,19-/m1/s1. The average molecular weight is 477 g/mol. The lowest BCUT2D eigenvalue weighted by molar-refractivity contribution is -0.140. The molecule has 0 aromatic heterocycles. The summed E-state index contributed by atoms with van der Waals surface area (Å²) in [5, 5.41) is 3.87. The minimum absolute atomic E-state index is 0.0475. The van der Waals surface area contributed by atoms with Gasteiger partial charge in [-0.3, -0.25) is 9.59 Å². The second-order valence-electron chi connectivity index (χ2n) is 8.66. The highest BCUT2D eigenvalue weighted by Gasteiger charge is 2.26. The Morgan fingerprint density at radius 2 is 1.56 bits per heavy atom. The van der Waals surface area contributed by atoms with E-state index in [9.17, 15) is 9.59 Å². The number of rotatable bonds is 10. The highest BCUT2D eigenvalue weighted by molar-refractivity contribution is 6.42. The number of benzene rings is 2. The molecule has 2 aromatic rings. The molecule has 0 saturated carbocycles. The lowest BCUT2D eigenvalue weighted by Gasteiger charge is -2.30. The summed E-state index contributed by atoms with van der Waals surface area (Å²) in [6, 6.07) is 13.1. The van der Waals surface area contributed by atoms with Crippen LogP contribution in [0.2, 0.25) is 10.0 Å². The van der Waals surface area contributed by atoms with E-state index in [-0.39, 0.29) is 24.4 Å². The Bertz CT molecular complexity index is 913. The van der Waals surface area contributed by atoms with E-state index in [1.807, 2.05) is 19.9 Å². The molecule has 174 valence electrons. The Morgan fingerprint density at radius 3 is 2.12 bits per heavy atom. The Kier molecular flexibility index (Phi) is 10.0. The molecule has 2 rings (SSSR count). The molecule has 2 atom stereocenters. The quantitative estimate of drug-likeness (QED) is 0.432. The summed E-state index contributed by atoms with van der Waals surface area (Å²) in [6.07, 6.45) is 1.77. The van der Waals surface area contributed by atoms with Gasteiger partial charge in [-0.25, -0.2) is 0 Å². The van der Waals surface area contributed by atoms with Crippen molar-refractivity contribution >= 4 is 35.0 Å². The molecule has 0 heterocycles. The fourth-order valence-electron chi connectivity index (χ4n) is 3.35. The molecule has 0 spiro atoms. The van der Waals surface area contributed by atoms with E-state index in [4.69, 9.17) is 23.2 Å². The van der Waals surface area contributed by atoms with Crippen LogP contribution in [0.5, 0.6) is 0 Å². The number of carbonyl (C=O) groups is 2. The first-order valence-electron chi connectivity index (χ1n) is 11.2. The molecule has 0 saturated heterocycles. The number of nitrogens with zero attached hydrogens (tertiary/aromatic N) is 1. The van der Waals surface area contributed by atoms with Gasteiger partial charge in [-0.15, -0.1) is 0 Å². The van der Waals surface area contributed by atoms with E-state index in [2.05, 4.69) is 43.4 Å². The van der Waals surface area contributed by atoms with Gasteiger partial charge in [0.2, 0.25) is 11.8 Å². The van der Waals surface area contributed by atoms with Crippen molar-refractivity contribution in [3.63, 3.8) is 0 Å². The van der Waals surface area contributed by atoms with Crippen LogP contribution in [-0.4, -0.2) is 28.8 Å². The van der Waals surface area contributed by atoms with E-state index in [1.54, 1.807) is 24.0 Å². The number of amides is 2. The maximum atomic E-state index is 13.2. The molecule has 2 aromatic carbocycles. The highest BCUT2D eigenvalue weighted by Crippen LogP contribution is 2.24. The van der Waals surface area contributed by atoms with Gasteiger partial charge >= 0.3 is 0 Å². The molecule has 32 heavy (non-hydrogen) atoms. The fourth-order valence-corrected chi connectivity index (χ4v) is 3.67. The van der Waals surface area contributed by atoms with Gasteiger partial charge in [0, 0.05) is 19.0 Å². The Morgan fingerprint density at radius 1 is 0.938 bits per heavy atom. The summed E-state index contributed by atoms with van der Waals surface area (Å²) >= 11 is 12.2. The van der Waals surface area contributed by atoms with Gasteiger partial charge in [0.1, 0.15) is 6.04 Å². The van der Waals surface area contributed by atoms with Gasteiger partial charge in [0.05, 0.1) is 10.0 Å². The van der Waals surface area contributed by atoms with Crippen molar-refractivity contribution in [1.82, 2.24) is 10.2 Å². The Hall–Kier alpha value is -2.04. The molecule has 0 aliphatic carbocycles. The van der Waals surface area contributed by atoms with E-state index in [0.717, 1.165) is 17.5 Å². The van der Waals surface area contributed by atoms with Crippen LogP contribution in [0.1, 0.15) is 70.1 Å². The molecule has 2 amide bonds. The zero-order valence-corrected chi connectivity index (χ0v) is 21.1. The van der Waals surface area contributed by atoms with Crippen molar-refractivity contribution in [2.45, 2.75) is 78.4 Å². The van der Waals surface area contributed by atoms with E-state index in [0.29, 0.717) is 28.8 Å². The zero-order chi connectivity index (χ0) is 23.8. The topological polar surface area (TPSA) is 49.4 Å². The number of nitrogens with one attached hydrogen (secondary N) is 1. The van der Waals surface area contributed by atoms with Gasteiger partial charge in [0.15, 0.2) is 0 Å². The third-order valence-electron chi connectivity index (χ3n) is 5.78. The lowest BCUT2D eigenvalue weighted by atomic mass is 10.00. The second kappa shape index (κ2) is 12.3. The molecule has 4 nitrogen and oxygen atoms in total. The lowest BCUT2D eigenvalue weighted by Crippen LogP contribution is -2.49.